The Morgan fingerprint density at radius 3 is 2.89 bits per heavy atom. The highest BCUT2D eigenvalue weighted by atomic mass is 16.2. The maximum absolute atomic E-state index is 11.5. The van der Waals surface area contributed by atoms with Crippen LogP contribution in [0, 0.1) is 11.3 Å². The van der Waals surface area contributed by atoms with Gasteiger partial charge in [-0.3, -0.25) is 14.6 Å². The molecule has 2 amide bonds. The summed E-state index contributed by atoms with van der Waals surface area (Å²) in [6, 6.07) is 10.5. The smallest absolute Gasteiger partial charge is 0.313 e. The van der Waals surface area contributed by atoms with Gasteiger partial charge >= 0.3 is 11.8 Å². The summed E-state index contributed by atoms with van der Waals surface area (Å²) < 4.78 is 0. The number of nitriles is 1. The van der Waals surface area contributed by atoms with Crippen molar-refractivity contribution in [3.8, 4) is 6.07 Å². The minimum absolute atomic E-state index is 0.201. The molecule has 0 aliphatic rings. The van der Waals surface area contributed by atoms with E-state index in [1.54, 1.807) is 36.5 Å². The SMILES string of the molecule is N#CCNC(=O)C(=O)Nc1ccc2ncccc2c1. The predicted molar refractivity (Wildman–Crippen MR) is 69.0 cm³/mol. The van der Waals surface area contributed by atoms with Crippen LogP contribution in [0.1, 0.15) is 0 Å². The van der Waals surface area contributed by atoms with Gasteiger partial charge in [0.2, 0.25) is 0 Å². The summed E-state index contributed by atoms with van der Waals surface area (Å²) >= 11 is 0. The van der Waals surface area contributed by atoms with Crippen LogP contribution in [0.2, 0.25) is 0 Å². The molecule has 0 spiro atoms. The standard InChI is InChI=1S/C13H10N4O2/c14-5-7-16-12(18)13(19)17-10-3-4-11-9(8-10)2-1-6-15-11/h1-4,6,8H,7H2,(H,16,18)(H,17,19). The monoisotopic (exact) mass is 254 g/mol. The fourth-order valence-corrected chi connectivity index (χ4v) is 1.54. The number of carbonyl (C=O) groups excluding carboxylic acids is 2. The normalized spacial score (nSPS) is 9.63. The van der Waals surface area contributed by atoms with Crippen molar-refractivity contribution in [2.75, 3.05) is 11.9 Å². The fourth-order valence-electron chi connectivity index (χ4n) is 1.54. The van der Waals surface area contributed by atoms with Crippen molar-refractivity contribution in [3.63, 3.8) is 0 Å². The summed E-state index contributed by atoms with van der Waals surface area (Å²) in [6.45, 7) is -0.201. The second kappa shape index (κ2) is 5.60. The first-order chi connectivity index (χ1) is 9.20. The number of hydrogen-bond acceptors (Lipinski definition) is 4. The molecule has 1 aromatic carbocycles. The van der Waals surface area contributed by atoms with E-state index in [0.29, 0.717) is 5.69 Å². The highest BCUT2D eigenvalue weighted by molar-refractivity contribution is 6.39. The van der Waals surface area contributed by atoms with Gasteiger partial charge in [0.05, 0.1) is 11.6 Å². The van der Waals surface area contributed by atoms with Crippen molar-refractivity contribution in [3.05, 3.63) is 36.5 Å². The van der Waals surface area contributed by atoms with E-state index in [0.717, 1.165) is 10.9 Å². The molecule has 1 heterocycles. The molecule has 0 saturated heterocycles. The third-order valence-electron chi connectivity index (χ3n) is 2.40. The van der Waals surface area contributed by atoms with Crippen molar-refractivity contribution >= 4 is 28.4 Å². The number of pyridine rings is 1. The topological polar surface area (TPSA) is 94.9 Å². The molecular formula is C13H10N4O2. The van der Waals surface area contributed by atoms with Gasteiger partial charge in [-0.1, -0.05) is 6.07 Å². The van der Waals surface area contributed by atoms with E-state index in [1.807, 2.05) is 6.07 Å². The number of nitrogens with zero attached hydrogens (tertiary/aromatic N) is 2. The molecule has 0 bridgehead atoms. The number of rotatable bonds is 2. The lowest BCUT2D eigenvalue weighted by Crippen LogP contribution is -2.35. The Bertz CT molecular complexity index is 676. The Hall–Kier alpha value is -2.94. The second-order valence-corrected chi connectivity index (χ2v) is 3.71. The van der Waals surface area contributed by atoms with Crippen LogP contribution < -0.4 is 10.6 Å². The van der Waals surface area contributed by atoms with Gasteiger partial charge in [0.1, 0.15) is 6.54 Å². The maximum Gasteiger partial charge on any atom is 0.313 e. The van der Waals surface area contributed by atoms with Crippen LogP contribution in [0.25, 0.3) is 10.9 Å². The fraction of sp³-hybridized carbons (Fsp3) is 0.0769. The number of carbonyl (C=O) groups is 2. The zero-order valence-electron chi connectivity index (χ0n) is 9.88. The molecule has 0 fully saturated rings. The molecule has 6 heteroatoms. The Morgan fingerprint density at radius 2 is 2.11 bits per heavy atom. The van der Waals surface area contributed by atoms with E-state index in [9.17, 15) is 9.59 Å². The summed E-state index contributed by atoms with van der Waals surface area (Å²) in [4.78, 5) is 26.9. The van der Waals surface area contributed by atoms with E-state index < -0.39 is 11.8 Å². The van der Waals surface area contributed by atoms with Gasteiger partial charge < -0.3 is 10.6 Å². The Balaban J connectivity index is 2.11. The quantitative estimate of drug-likeness (QED) is 0.612. The van der Waals surface area contributed by atoms with Gasteiger partial charge in [-0.05, 0) is 24.3 Å². The van der Waals surface area contributed by atoms with E-state index >= 15 is 0 Å². The molecule has 94 valence electrons. The van der Waals surface area contributed by atoms with Crippen LogP contribution in [0.15, 0.2) is 36.5 Å². The molecule has 19 heavy (non-hydrogen) atoms. The first kappa shape index (κ1) is 12.5. The number of hydrogen-bond donors (Lipinski definition) is 2. The molecule has 1 aromatic heterocycles. The molecule has 6 nitrogen and oxygen atoms in total. The number of amides is 2. The lowest BCUT2D eigenvalue weighted by Gasteiger charge is -2.05. The third kappa shape index (κ3) is 3.04. The van der Waals surface area contributed by atoms with Crippen molar-refractivity contribution in [1.29, 1.82) is 5.26 Å². The molecule has 0 aliphatic carbocycles. The van der Waals surface area contributed by atoms with Crippen LogP contribution in [0.4, 0.5) is 5.69 Å². The summed E-state index contributed by atoms with van der Waals surface area (Å²) in [6.07, 6.45) is 1.68. The van der Waals surface area contributed by atoms with Crippen molar-refractivity contribution in [2.45, 2.75) is 0 Å². The molecule has 2 N–H and O–H groups in total. The number of fused-ring (bicyclic) bond motifs is 1. The van der Waals surface area contributed by atoms with Crippen molar-refractivity contribution < 1.29 is 9.59 Å². The minimum Gasteiger partial charge on any atom is -0.335 e. The molecular weight excluding hydrogens is 244 g/mol. The van der Waals surface area contributed by atoms with Crippen LogP contribution in [0.3, 0.4) is 0 Å². The predicted octanol–water partition coefficient (Wildman–Crippen LogP) is 0.813. The molecule has 2 aromatic rings. The first-order valence-corrected chi connectivity index (χ1v) is 5.51. The minimum atomic E-state index is -0.840. The van der Waals surface area contributed by atoms with E-state index in [4.69, 9.17) is 5.26 Å². The summed E-state index contributed by atoms with van der Waals surface area (Å²) in [5.74, 6) is -1.65. The van der Waals surface area contributed by atoms with E-state index in [2.05, 4.69) is 15.6 Å². The molecule has 0 unspecified atom stereocenters. The van der Waals surface area contributed by atoms with Crippen molar-refractivity contribution in [2.24, 2.45) is 0 Å². The van der Waals surface area contributed by atoms with Crippen LogP contribution in [0.5, 0.6) is 0 Å². The molecule has 0 saturated carbocycles. The third-order valence-corrected chi connectivity index (χ3v) is 2.40. The van der Waals surface area contributed by atoms with Gasteiger partial charge in [0.15, 0.2) is 0 Å². The zero-order chi connectivity index (χ0) is 13.7. The van der Waals surface area contributed by atoms with Crippen LogP contribution in [-0.4, -0.2) is 23.3 Å². The molecule has 2 rings (SSSR count). The Labute approximate surface area is 109 Å². The second-order valence-electron chi connectivity index (χ2n) is 3.71. The van der Waals surface area contributed by atoms with Crippen LogP contribution >= 0.6 is 0 Å². The van der Waals surface area contributed by atoms with E-state index in [1.165, 1.54) is 0 Å². The molecule has 0 radical (unpaired) electrons. The Morgan fingerprint density at radius 1 is 1.26 bits per heavy atom. The van der Waals surface area contributed by atoms with Gasteiger partial charge in [0, 0.05) is 17.3 Å². The highest BCUT2D eigenvalue weighted by Crippen LogP contribution is 2.16. The van der Waals surface area contributed by atoms with Gasteiger partial charge in [-0.2, -0.15) is 5.26 Å². The summed E-state index contributed by atoms with van der Waals surface area (Å²) in [5, 5.41) is 13.8. The van der Waals surface area contributed by atoms with Crippen molar-refractivity contribution in [1.82, 2.24) is 10.3 Å². The molecule has 0 atom stereocenters. The van der Waals surface area contributed by atoms with Gasteiger partial charge in [-0.25, -0.2) is 0 Å². The summed E-state index contributed by atoms with van der Waals surface area (Å²) in [7, 11) is 0. The number of aromatic nitrogens is 1. The van der Waals surface area contributed by atoms with Gasteiger partial charge in [-0.15, -0.1) is 0 Å². The lowest BCUT2D eigenvalue weighted by molar-refractivity contribution is -0.136. The zero-order valence-corrected chi connectivity index (χ0v) is 9.88. The Kier molecular flexibility index (Phi) is 3.69. The molecule has 0 aliphatic heterocycles. The average molecular weight is 254 g/mol. The average Bonchev–Trinajstić information content (AvgIpc) is 2.44. The number of benzene rings is 1. The summed E-state index contributed by atoms with van der Waals surface area (Å²) in [5.41, 5.74) is 1.30. The van der Waals surface area contributed by atoms with E-state index in [-0.39, 0.29) is 6.54 Å². The maximum atomic E-state index is 11.5. The van der Waals surface area contributed by atoms with Crippen LogP contribution in [-0.2, 0) is 9.59 Å². The van der Waals surface area contributed by atoms with Gasteiger partial charge in [0.25, 0.3) is 0 Å². The number of anilines is 1. The first-order valence-electron chi connectivity index (χ1n) is 5.51. The highest BCUT2D eigenvalue weighted by Gasteiger charge is 2.12. The largest absolute Gasteiger partial charge is 0.335 e. The number of nitrogens with one attached hydrogen (secondary N) is 2. The lowest BCUT2D eigenvalue weighted by atomic mass is 10.2.